The van der Waals surface area contributed by atoms with Gasteiger partial charge in [0.05, 0.1) is 7.11 Å². The molecule has 8 nitrogen and oxygen atoms in total. The van der Waals surface area contributed by atoms with Gasteiger partial charge in [-0.15, -0.1) is 0 Å². The van der Waals surface area contributed by atoms with Crippen molar-refractivity contribution in [1.82, 2.24) is 10.6 Å². The zero-order chi connectivity index (χ0) is 16.5. The summed E-state index contributed by atoms with van der Waals surface area (Å²) in [5, 5.41) is 4.21. The Labute approximate surface area is 127 Å². The highest BCUT2D eigenvalue weighted by Gasteiger charge is 2.19. The molecule has 0 aliphatic heterocycles. The first-order chi connectivity index (χ1) is 10.5. The van der Waals surface area contributed by atoms with Crippen molar-refractivity contribution in [3.8, 4) is 11.5 Å². The highest BCUT2D eigenvalue weighted by molar-refractivity contribution is 5.97. The van der Waals surface area contributed by atoms with Gasteiger partial charge in [0.2, 0.25) is 0 Å². The molecule has 0 saturated carbocycles. The van der Waals surface area contributed by atoms with Crippen molar-refractivity contribution in [2.75, 3.05) is 20.8 Å². The standard InChI is InChI=1S/C14H18N2O6/c1-9(13(18)16-14(19)15-2)22-12(17)8-21-11-6-4-10(20-3)5-7-11/h4-7,9H,8H2,1-3H3,(H2,15,16,18,19)/t9-/m0/s1. The topological polar surface area (TPSA) is 103 Å². The van der Waals surface area contributed by atoms with E-state index in [9.17, 15) is 14.4 Å². The monoisotopic (exact) mass is 310 g/mol. The summed E-state index contributed by atoms with van der Waals surface area (Å²) in [6, 6.07) is 5.95. The second kappa shape index (κ2) is 8.50. The van der Waals surface area contributed by atoms with Gasteiger partial charge in [0.1, 0.15) is 11.5 Å². The number of carbonyl (C=O) groups excluding carboxylic acids is 3. The van der Waals surface area contributed by atoms with Gasteiger partial charge in [-0.1, -0.05) is 0 Å². The number of imide groups is 1. The lowest BCUT2D eigenvalue weighted by atomic mass is 10.3. The molecule has 0 bridgehead atoms. The number of esters is 1. The van der Waals surface area contributed by atoms with Crippen LogP contribution in [0, 0.1) is 0 Å². The van der Waals surface area contributed by atoms with Crippen molar-refractivity contribution in [3.05, 3.63) is 24.3 Å². The van der Waals surface area contributed by atoms with E-state index in [1.165, 1.54) is 14.0 Å². The molecule has 0 fully saturated rings. The van der Waals surface area contributed by atoms with Crippen LogP contribution in [0.15, 0.2) is 24.3 Å². The maximum Gasteiger partial charge on any atom is 0.344 e. The molecule has 1 atom stereocenters. The van der Waals surface area contributed by atoms with Crippen LogP contribution >= 0.6 is 0 Å². The Morgan fingerprint density at radius 3 is 2.27 bits per heavy atom. The van der Waals surface area contributed by atoms with E-state index in [0.29, 0.717) is 11.5 Å². The number of hydrogen-bond acceptors (Lipinski definition) is 6. The average molecular weight is 310 g/mol. The zero-order valence-electron chi connectivity index (χ0n) is 12.5. The summed E-state index contributed by atoms with van der Waals surface area (Å²) in [5.41, 5.74) is 0. The molecule has 0 saturated heterocycles. The largest absolute Gasteiger partial charge is 0.497 e. The van der Waals surface area contributed by atoms with E-state index in [1.54, 1.807) is 31.4 Å². The van der Waals surface area contributed by atoms with Crippen LogP contribution in [0.1, 0.15) is 6.92 Å². The van der Waals surface area contributed by atoms with Crippen molar-refractivity contribution < 1.29 is 28.6 Å². The summed E-state index contributed by atoms with van der Waals surface area (Å²) in [5.74, 6) is -0.331. The van der Waals surface area contributed by atoms with Gasteiger partial charge in [0.25, 0.3) is 5.91 Å². The molecule has 0 radical (unpaired) electrons. The number of benzene rings is 1. The molecule has 8 heteroatoms. The SMILES string of the molecule is CNC(=O)NC(=O)[C@H](C)OC(=O)COc1ccc(OC)cc1. The van der Waals surface area contributed by atoms with Crippen LogP contribution in [0.5, 0.6) is 11.5 Å². The summed E-state index contributed by atoms with van der Waals surface area (Å²) >= 11 is 0. The fourth-order valence-corrected chi connectivity index (χ4v) is 1.37. The number of urea groups is 1. The number of nitrogens with one attached hydrogen (secondary N) is 2. The zero-order valence-corrected chi connectivity index (χ0v) is 12.5. The van der Waals surface area contributed by atoms with E-state index in [0.717, 1.165) is 0 Å². The van der Waals surface area contributed by atoms with Crippen LogP contribution in [-0.4, -0.2) is 44.8 Å². The first kappa shape index (κ1) is 17.3. The number of hydrogen-bond donors (Lipinski definition) is 2. The average Bonchev–Trinajstić information content (AvgIpc) is 2.53. The Kier molecular flexibility index (Phi) is 6.68. The molecule has 1 aromatic rings. The van der Waals surface area contributed by atoms with E-state index < -0.39 is 24.0 Å². The Balaban J connectivity index is 2.38. The molecule has 0 unspecified atom stereocenters. The fraction of sp³-hybridized carbons (Fsp3) is 0.357. The van der Waals surface area contributed by atoms with E-state index in [2.05, 4.69) is 5.32 Å². The lowest BCUT2D eigenvalue weighted by Crippen LogP contribution is -2.43. The second-order valence-electron chi connectivity index (χ2n) is 4.16. The predicted molar refractivity (Wildman–Crippen MR) is 76.6 cm³/mol. The smallest absolute Gasteiger partial charge is 0.344 e. The number of rotatable bonds is 6. The van der Waals surface area contributed by atoms with Crippen LogP contribution in [0.3, 0.4) is 0 Å². The molecule has 120 valence electrons. The van der Waals surface area contributed by atoms with Crippen molar-refractivity contribution in [2.45, 2.75) is 13.0 Å². The Morgan fingerprint density at radius 2 is 1.73 bits per heavy atom. The van der Waals surface area contributed by atoms with Crippen LogP contribution in [0.2, 0.25) is 0 Å². The van der Waals surface area contributed by atoms with Gasteiger partial charge in [0, 0.05) is 7.05 Å². The van der Waals surface area contributed by atoms with Crippen molar-refractivity contribution in [2.24, 2.45) is 0 Å². The van der Waals surface area contributed by atoms with Crippen molar-refractivity contribution in [3.63, 3.8) is 0 Å². The normalized spacial score (nSPS) is 11.0. The van der Waals surface area contributed by atoms with Gasteiger partial charge in [-0.25, -0.2) is 9.59 Å². The van der Waals surface area contributed by atoms with E-state index in [1.807, 2.05) is 5.32 Å². The van der Waals surface area contributed by atoms with Gasteiger partial charge < -0.3 is 19.5 Å². The lowest BCUT2D eigenvalue weighted by molar-refractivity contribution is -0.156. The Bertz CT molecular complexity index is 529. The third-order valence-corrected chi connectivity index (χ3v) is 2.56. The first-order valence-electron chi connectivity index (χ1n) is 6.45. The molecule has 1 aromatic carbocycles. The number of amides is 3. The molecule has 0 aliphatic rings. The minimum Gasteiger partial charge on any atom is -0.497 e. The maximum atomic E-state index is 11.6. The van der Waals surface area contributed by atoms with Crippen LogP contribution in [0.4, 0.5) is 4.79 Å². The molecule has 22 heavy (non-hydrogen) atoms. The summed E-state index contributed by atoms with van der Waals surface area (Å²) in [7, 11) is 2.90. The molecule has 1 rings (SSSR count). The molecule has 0 aromatic heterocycles. The van der Waals surface area contributed by atoms with Gasteiger partial charge in [-0.05, 0) is 31.2 Å². The van der Waals surface area contributed by atoms with Crippen LogP contribution in [0.25, 0.3) is 0 Å². The van der Waals surface area contributed by atoms with Gasteiger partial charge in [-0.2, -0.15) is 0 Å². The molecule has 0 aliphatic carbocycles. The fourth-order valence-electron chi connectivity index (χ4n) is 1.37. The third-order valence-electron chi connectivity index (χ3n) is 2.56. The highest BCUT2D eigenvalue weighted by Crippen LogP contribution is 2.16. The Hall–Kier alpha value is -2.77. The van der Waals surface area contributed by atoms with Crippen molar-refractivity contribution in [1.29, 1.82) is 0 Å². The maximum absolute atomic E-state index is 11.6. The van der Waals surface area contributed by atoms with Crippen molar-refractivity contribution >= 4 is 17.9 Å². The molecular weight excluding hydrogens is 292 g/mol. The quantitative estimate of drug-likeness (QED) is 0.740. The summed E-state index contributed by atoms with van der Waals surface area (Å²) < 4.78 is 15.0. The predicted octanol–water partition coefficient (Wildman–Crippen LogP) is 0.461. The number of ether oxygens (including phenoxy) is 3. The van der Waals surface area contributed by atoms with Gasteiger partial charge >= 0.3 is 12.0 Å². The molecule has 0 spiro atoms. The number of carbonyl (C=O) groups is 3. The second-order valence-corrected chi connectivity index (χ2v) is 4.16. The van der Waals surface area contributed by atoms with E-state index >= 15 is 0 Å². The highest BCUT2D eigenvalue weighted by atomic mass is 16.6. The van der Waals surface area contributed by atoms with E-state index in [-0.39, 0.29) is 6.61 Å². The molecule has 3 amide bonds. The summed E-state index contributed by atoms with van der Waals surface area (Å²) in [4.78, 5) is 34.0. The van der Waals surface area contributed by atoms with Gasteiger partial charge in [0.15, 0.2) is 12.7 Å². The summed E-state index contributed by atoms with van der Waals surface area (Å²) in [6.07, 6.45) is -1.11. The molecular formula is C14H18N2O6. The van der Waals surface area contributed by atoms with Gasteiger partial charge in [-0.3, -0.25) is 10.1 Å². The minimum absolute atomic E-state index is 0.357. The van der Waals surface area contributed by atoms with Crippen LogP contribution in [-0.2, 0) is 14.3 Å². The first-order valence-corrected chi connectivity index (χ1v) is 6.45. The molecule has 0 heterocycles. The third kappa shape index (κ3) is 5.70. The Morgan fingerprint density at radius 1 is 1.14 bits per heavy atom. The number of methoxy groups -OCH3 is 1. The summed E-state index contributed by atoms with van der Waals surface area (Å²) in [6.45, 7) is 0.994. The lowest BCUT2D eigenvalue weighted by Gasteiger charge is -2.13. The minimum atomic E-state index is -1.11. The van der Waals surface area contributed by atoms with Crippen LogP contribution < -0.4 is 20.1 Å². The van der Waals surface area contributed by atoms with E-state index in [4.69, 9.17) is 14.2 Å². The molecule has 2 N–H and O–H groups in total.